The lowest BCUT2D eigenvalue weighted by Gasteiger charge is -2.39. The minimum atomic E-state index is -1.19. The number of H-pyrrole nitrogens is 1. The van der Waals surface area contributed by atoms with Gasteiger partial charge in [-0.05, 0) is 54.7 Å². The van der Waals surface area contributed by atoms with E-state index in [9.17, 15) is 20.1 Å². The summed E-state index contributed by atoms with van der Waals surface area (Å²) >= 11 is 1.76. The number of nitrogens with zero attached hydrogens (tertiary/aromatic N) is 1. The van der Waals surface area contributed by atoms with Crippen LogP contribution in [0.2, 0.25) is 0 Å². The molecule has 0 bridgehead atoms. The van der Waals surface area contributed by atoms with Crippen LogP contribution in [0.25, 0.3) is 10.9 Å². The highest BCUT2D eigenvalue weighted by Gasteiger charge is 2.46. The Morgan fingerprint density at radius 2 is 1.80 bits per heavy atom. The van der Waals surface area contributed by atoms with Crippen molar-refractivity contribution in [2.45, 2.75) is 50.4 Å². The molecule has 2 atom stereocenters. The first-order valence-corrected chi connectivity index (χ1v) is 16.0. The van der Waals surface area contributed by atoms with Crippen LogP contribution in [0.4, 0.5) is 0 Å². The number of phenols is 1. The molecule has 0 saturated heterocycles. The largest absolute Gasteiger partial charge is 0.506 e. The Labute approximate surface area is 259 Å². The molecule has 6 N–H and O–H groups in total. The zero-order chi connectivity index (χ0) is 30.5. The highest BCUT2D eigenvalue weighted by molar-refractivity contribution is 7.11. The van der Waals surface area contributed by atoms with E-state index in [1.165, 1.54) is 21.9 Å². The quantitative estimate of drug-likeness (QED) is 0.100. The third-order valence-electron chi connectivity index (χ3n) is 8.51. The summed E-state index contributed by atoms with van der Waals surface area (Å²) in [5.41, 5.74) is 0.327. The van der Waals surface area contributed by atoms with Crippen LogP contribution in [-0.2, 0) is 25.0 Å². The summed E-state index contributed by atoms with van der Waals surface area (Å²) in [6.07, 6.45) is 5.52. The van der Waals surface area contributed by atoms with Crippen LogP contribution < -0.4 is 16.2 Å². The Morgan fingerprint density at radius 1 is 1.00 bits per heavy atom. The van der Waals surface area contributed by atoms with E-state index in [4.69, 9.17) is 4.42 Å². The van der Waals surface area contributed by atoms with Gasteiger partial charge >= 0.3 is 0 Å². The number of oxazole rings is 1. The Bertz CT molecular complexity index is 1750. The number of benzene rings is 2. The molecule has 1 fully saturated rings. The topological polar surface area (TPSA) is 144 Å². The molecule has 1 saturated carbocycles. The molecule has 3 heterocycles. The summed E-state index contributed by atoms with van der Waals surface area (Å²) in [7, 11) is 0. The van der Waals surface area contributed by atoms with Crippen molar-refractivity contribution in [3.63, 3.8) is 0 Å². The molecule has 5 aromatic rings. The molecule has 0 aliphatic heterocycles. The number of aliphatic hydroxyl groups is 2. The maximum atomic E-state index is 11.7. The Kier molecular flexibility index (Phi) is 9.25. The molecular formula is C34H38N4O5S. The highest BCUT2D eigenvalue weighted by Crippen LogP contribution is 2.46. The van der Waals surface area contributed by atoms with Crippen molar-refractivity contribution in [2.24, 2.45) is 5.92 Å². The molecule has 1 unspecified atom stereocenters. The maximum Gasteiger partial charge on any atom is 0.248 e. The third kappa shape index (κ3) is 6.50. The zero-order valence-corrected chi connectivity index (χ0v) is 25.3. The first-order chi connectivity index (χ1) is 21.4. The highest BCUT2D eigenvalue weighted by atomic mass is 32.1. The number of rotatable bonds is 14. The van der Waals surface area contributed by atoms with Crippen LogP contribution in [0, 0.1) is 5.92 Å². The van der Waals surface area contributed by atoms with Crippen molar-refractivity contribution in [3.05, 3.63) is 116 Å². The third-order valence-corrected chi connectivity index (χ3v) is 9.65. The van der Waals surface area contributed by atoms with Crippen LogP contribution in [0.1, 0.15) is 57.9 Å². The average Bonchev–Trinajstić information content (AvgIpc) is 3.67. The van der Waals surface area contributed by atoms with E-state index < -0.39 is 11.7 Å². The van der Waals surface area contributed by atoms with Crippen molar-refractivity contribution in [1.82, 2.24) is 20.6 Å². The van der Waals surface area contributed by atoms with Gasteiger partial charge in [-0.1, -0.05) is 42.8 Å². The number of aromatic hydroxyl groups is 1. The number of aliphatic hydroxyl groups excluding tert-OH is 1. The van der Waals surface area contributed by atoms with Crippen molar-refractivity contribution >= 4 is 22.2 Å². The molecule has 9 nitrogen and oxygen atoms in total. The molecule has 44 heavy (non-hydrogen) atoms. The van der Waals surface area contributed by atoms with Gasteiger partial charge in [0.2, 0.25) is 11.4 Å². The van der Waals surface area contributed by atoms with Gasteiger partial charge in [0.1, 0.15) is 11.5 Å². The molecule has 6 rings (SSSR count). The number of nitrogens with one attached hydrogen (secondary N) is 3. The minimum Gasteiger partial charge on any atom is -0.506 e. The molecule has 10 heteroatoms. The first kappa shape index (κ1) is 30.2. The number of hydrogen-bond donors (Lipinski definition) is 6. The minimum absolute atomic E-state index is 0.0208. The van der Waals surface area contributed by atoms with Gasteiger partial charge in [-0.3, -0.25) is 4.79 Å². The molecule has 3 aromatic heterocycles. The SMILES string of the molecule is O=c1ccc2c(C(O)CNCCc3ccc(CNCCc4cnc([C@](O)(c5ccccc5)C5CCC5)o4)s3)ccc(O)c2[nH]1. The molecule has 230 valence electrons. The smallest absolute Gasteiger partial charge is 0.248 e. The van der Waals surface area contributed by atoms with Gasteiger partial charge in [0.15, 0.2) is 5.60 Å². The number of hydrogen-bond acceptors (Lipinski definition) is 9. The molecule has 1 aliphatic rings. The molecule has 0 amide bonds. The molecule has 0 spiro atoms. The number of pyridine rings is 1. The van der Waals surface area contributed by atoms with Crippen molar-refractivity contribution in [3.8, 4) is 5.75 Å². The summed E-state index contributed by atoms with van der Waals surface area (Å²) in [5.74, 6) is 1.25. The number of fused-ring (bicyclic) bond motifs is 1. The predicted molar refractivity (Wildman–Crippen MR) is 171 cm³/mol. The Morgan fingerprint density at radius 3 is 2.59 bits per heavy atom. The summed E-state index contributed by atoms with van der Waals surface area (Å²) in [5, 5.41) is 40.0. The van der Waals surface area contributed by atoms with E-state index in [0.29, 0.717) is 41.9 Å². The zero-order valence-electron chi connectivity index (χ0n) is 24.5. The lowest BCUT2D eigenvalue weighted by molar-refractivity contribution is -0.0413. The van der Waals surface area contributed by atoms with E-state index in [-0.39, 0.29) is 17.2 Å². The number of thiophene rings is 1. The van der Waals surface area contributed by atoms with Gasteiger partial charge in [0.05, 0.1) is 17.8 Å². The van der Waals surface area contributed by atoms with Gasteiger partial charge in [-0.25, -0.2) is 4.98 Å². The summed E-state index contributed by atoms with van der Waals surface area (Å²) < 4.78 is 6.10. The summed E-state index contributed by atoms with van der Waals surface area (Å²) in [6.45, 7) is 2.55. The predicted octanol–water partition coefficient (Wildman–Crippen LogP) is 4.52. The van der Waals surface area contributed by atoms with E-state index in [1.54, 1.807) is 29.7 Å². The number of aromatic amines is 1. The normalized spacial score (nSPS) is 15.7. The fraction of sp³-hybridized carbons (Fsp3) is 0.353. The molecular weight excluding hydrogens is 576 g/mol. The molecule has 2 aromatic carbocycles. The lowest BCUT2D eigenvalue weighted by Crippen LogP contribution is -2.40. The van der Waals surface area contributed by atoms with E-state index >= 15 is 0 Å². The number of aromatic nitrogens is 2. The van der Waals surface area contributed by atoms with Gasteiger partial charge in [-0.2, -0.15) is 0 Å². The molecule has 0 radical (unpaired) electrons. The Balaban J connectivity index is 0.942. The van der Waals surface area contributed by atoms with Crippen molar-refractivity contribution in [2.75, 3.05) is 19.6 Å². The fourth-order valence-electron chi connectivity index (χ4n) is 5.84. The van der Waals surface area contributed by atoms with E-state index in [0.717, 1.165) is 50.1 Å². The second-order valence-corrected chi connectivity index (χ2v) is 12.7. The monoisotopic (exact) mass is 614 g/mol. The van der Waals surface area contributed by atoms with E-state index in [2.05, 4.69) is 32.7 Å². The van der Waals surface area contributed by atoms with Gasteiger partial charge in [0.25, 0.3) is 0 Å². The van der Waals surface area contributed by atoms with Gasteiger partial charge in [0, 0.05) is 59.7 Å². The van der Waals surface area contributed by atoms with E-state index in [1.807, 2.05) is 30.3 Å². The van der Waals surface area contributed by atoms with Crippen LogP contribution in [-0.4, -0.2) is 44.9 Å². The summed E-state index contributed by atoms with van der Waals surface area (Å²) in [4.78, 5) is 21.3. The lowest BCUT2D eigenvalue weighted by atomic mass is 9.69. The van der Waals surface area contributed by atoms with Crippen molar-refractivity contribution in [1.29, 1.82) is 0 Å². The average molecular weight is 615 g/mol. The second-order valence-electron chi connectivity index (χ2n) is 11.4. The fourth-order valence-corrected chi connectivity index (χ4v) is 6.82. The Hall–Kier alpha value is -3.80. The maximum absolute atomic E-state index is 11.7. The van der Waals surface area contributed by atoms with Crippen molar-refractivity contribution < 1.29 is 19.7 Å². The van der Waals surface area contributed by atoms with Gasteiger partial charge in [-0.15, -0.1) is 11.3 Å². The van der Waals surface area contributed by atoms with Crippen LogP contribution >= 0.6 is 11.3 Å². The van der Waals surface area contributed by atoms with Crippen LogP contribution in [0.5, 0.6) is 5.75 Å². The summed E-state index contributed by atoms with van der Waals surface area (Å²) in [6, 6.07) is 20.2. The second kappa shape index (κ2) is 13.5. The first-order valence-electron chi connectivity index (χ1n) is 15.2. The van der Waals surface area contributed by atoms with Crippen LogP contribution in [0.3, 0.4) is 0 Å². The number of phenolic OH excluding ortho intramolecular Hbond substituents is 1. The van der Waals surface area contributed by atoms with Crippen LogP contribution in [0.15, 0.2) is 82.1 Å². The standard InChI is InChI=1S/C34H38N4O5S/c39-29-13-11-27(28-12-14-31(41)38-32(28)29)30(40)21-36-18-16-25-9-10-26(44-25)20-35-17-15-24-19-37-33(43-24)34(42,23-7-4-8-23)22-5-2-1-3-6-22/h1-3,5-6,9-14,19,23,30,35-36,39-40,42H,4,7-8,15-18,20-21H2,(H,38,41)/t30?,34-/m0/s1. The van der Waals surface area contributed by atoms with Gasteiger partial charge < -0.3 is 35.4 Å². The molecule has 1 aliphatic carbocycles.